The number of nitriles is 1. The quantitative estimate of drug-likeness (QED) is 0.844. The van der Waals surface area contributed by atoms with Crippen molar-refractivity contribution in [3.05, 3.63) is 59.3 Å². The number of hydrogen-bond donors (Lipinski definition) is 2. The molecular weight excluding hydrogens is 340 g/mol. The van der Waals surface area contributed by atoms with Crippen molar-refractivity contribution in [3.63, 3.8) is 0 Å². The lowest BCUT2D eigenvalue weighted by Gasteiger charge is -2.33. The zero-order valence-electron chi connectivity index (χ0n) is 15.5. The van der Waals surface area contributed by atoms with Gasteiger partial charge < -0.3 is 20.4 Å². The van der Waals surface area contributed by atoms with Crippen LogP contribution in [0.2, 0.25) is 0 Å². The molecule has 3 rings (SSSR count). The van der Waals surface area contributed by atoms with Gasteiger partial charge in [0.05, 0.1) is 11.6 Å². The van der Waals surface area contributed by atoms with Crippen LogP contribution in [0.1, 0.15) is 16.7 Å². The molecule has 0 atom stereocenters. The molecular formula is C20H24N6O. The molecule has 1 aliphatic heterocycles. The summed E-state index contributed by atoms with van der Waals surface area (Å²) in [5.74, 6) is 0.980. The van der Waals surface area contributed by atoms with Crippen LogP contribution in [0.25, 0.3) is 0 Å². The predicted octanol–water partition coefficient (Wildman–Crippen LogP) is 1.70. The molecule has 140 valence electrons. The Hall–Kier alpha value is -3.11. The molecule has 0 aliphatic carbocycles. The largest absolute Gasteiger partial charge is 0.354 e. The fourth-order valence-electron chi connectivity index (χ4n) is 2.92. The standard InChI is InChI=1S/C20H24N6O/c1-25-7-9-26(10-8-25)19-6-5-18(14-22-19)15-24-20(27)23-13-17-4-2-3-16(11-17)12-21/h2-6,11,14H,7-10,13,15H2,1H3,(H2,23,24,27). The molecule has 0 radical (unpaired) electrons. The van der Waals surface area contributed by atoms with Crippen molar-refractivity contribution < 1.29 is 4.79 Å². The molecule has 0 bridgehead atoms. The van der Waals surface area contributed by atoms with E-state index in [0.717, 1.165) is 43.1 Å². The number of urea groups is 1. The van der Waals surface area contributed by atoms with E-state index in [1.54, 1.807) is 18.2 Å². The Kier molecular flexibility index (Phi) is 6.23. The Balaban J connectivity index is 1.44. The average Bonchev–Trinajstić information content (AvgIpc) is 2.72. The number of hydrogen-bond acceptors (Lipinski definition) is 5. The Morgan fingerprint density at radius 1 is 1.11 bits per heavy atom. The highest BCUT2D eigenvalue weighted by atomic mass is 16.2. The van der Waals surface area contributed by atoms with E-state index in [-0.39, 0.29) is 6.03 Å². The molecule has 7 heteroatoms. The fraction of sp³-hybridized carbons (Fsp3) is 0.350. The van der Waals surface area contributed by atoms with Gasteiger partial charge in [-0.1, -0.05) is 18.2 Å². The van der Waals surface area contributed by atoms with Crippen LogP contribution in [0.3, 0.4) is 0 Å². The summed E-state index contributed by atoms with van der Waals surface area (Å²) in [6.45, 7) is 4.85. The van der Waals surface area contributed by atoms with Gasteiger partial charge in [-0.25, -0.2) is 9.78 Å². The van der Waals surface area contributed by atoms with Gasteiger partial charge in [-0.15, -0.1) is 0 Å². The summed E-state index contributed by atoms with van der Waals surface area (Å²) < 4.78 is 0. The molecule has 1 aromatic heterocycles. The van der Waals surface area contributed by atoms with Crippen molar-refractivity contribution in [2.45, 2.75) is 13.1 Å². The highest BCUT2D eigenvalue weighted by molar-refractivity contribution is 5.73. The average molecular weight is 364 g/mol. The lowest BCUT2D eigenvalue weighted by atomic mass is 10.1. The smallest absolute Gasteiger partial charge is 0.315 e. The first-order valence-electron chi connectivity index (χ1n) is 9.03. The number of piperazine rings is 1. The molecule has 2 heterocycles. The normalized spacial score (nSPS) is 14.4. The maximum atomic E-state index is 12.0. The summed E-state index contributed by atoms with van der Waals surface area (Å²) in [7, 11) is 2.13. The summed E-state index contributed by atoms with van der Waals surface area (Å²) in [6, 6.07) is 13.0. The molecule has 1 fully saturated rings. The van der Waals surface area contributed by atoms with Crippen molar-refractivity contribution >= 4 is 11.8 Å². The summed E-state index contributed by atoms with van der Waals surface area (Å²) in [4.78, 5) is 21.1. The van der Waals surface area contributed by atoms with E-state index in [9.17, 15) is 4.79 Å². The maximum absolute atomic E-state index is 12.0. The number of anilines is 1. The second-order valence-corrected chi connectivity index (χ2v) is 6.66. The lowest BCUT2D eigenvalue weighted by Crippen LogP contribution is -2.44. The number of carbonyl (C=O) groups excluding carboxylic acids is 1. The molecule has 1 aromatic carbocycles. The van der Waals surface area contributed by atoms with E-state index >= 15 is 0 Å². The number of pyridine rings is 1. The number of likely N-dealkylation sites (N-methyl/N-ethyl adjacent to an activating group) is 1. The first-order chi connectivity index (χ1) is 13.1. The summed E-state index contributed by atoms with van der Waals surface area (Å²) in [5, 5.41) is 14.5. The number of amides is 2. The highest BCUT2D eigenvalue weighted by Crippen LogP contribution is 2.13. The number of nitrogens with one attached hydrogen (secondary N) is 2. The van der Waals surface area contributed by atoms with Crippen molar-refractivity contribution in [3.8, 4) is 6.07 Å². The van der Waals surface area contributed by atoms with E-state index in [2.05, 4.69) is 38.5 Å². The van der Waals surface area contributed by atoms with Gasteiger partial charge in [0.15, 0.2) is 0 Å². The predicted molar refractivity (Wildman–Crippen MR) is 104 cm³/mol. The molecule has 2 N–H and O–H groups in total. The lowest BCUT2D eigenvalue weighted by molar-refractivity contribution is 0.240. The van der Waals surface area contributed by atoms with Crippen LogP contribution in [0.15, 0.2) is 42.6 Å². The molecule has 0 unspecified atom stereocenters. The SMILES string of the molecule is CN1CCN(c2ccc(CNC(=O)NCc3cccc(C#N)c3)cn2)CC1. The molecule has 0 spiro atoms. The minimum absolute atomic E-state index is 0.250. The van der Waals surface area contributed by atoms with Gasteiger partial charge in [0.25, 0.3) is 0 Å². The van der Waals surface area contributed by atoms with Gasteiger partial charge in [0.1, 0.15) is 5.82 Å². The number of carbonyl (C=O) groups is 1. The first-order valence-corrected chi connectivity index (χ1v) is 9.03. The van der Waals surface area contributed by atoms with Crippen LogP contribution >= 0.6 is 0 Å². The Morgan fingerprint density at radius 2 is 1.85 bits per heavy atom. The molecule has 1 aliphatic rings. The number of nitrogens with zero attached hydrogens (tertiary/aromatic N) is 4. The Labute approximate surface area is 159 Å². The summed E-state index contributed by atoms with van der Waals surface area (Å²) in [6.07, 6.45) is 1.81. The molecule has 27 heavy (non-hydrogen) atoms. The number of rotatable bonds is 5. The van der Waals surface area contributed by atoms with Crippen LogP contribution < -0.4 is 15.5 Å². The van der Waals surface area contributed by atoms with E-state index in [0.29, 0.717) is 18.7 Å². The fourth-order valence-corrected chi connectivity index (χ4v) is 2.92. The third-order valence-corrected chi connectivity index (χ3v) is 4.60. The van der Waals surface area contributed by atoms with Gasteiger partial charge in [0.2, 0.25) is 0 Å². The van der Waals surface area contributed by atoms with Crippen LogP contribution in [0.4, 0.5) is 10.6 Å². The third kappa shape index (κ3) is 5.43. The van der Waals surface area contributed by atoms with Crippen molar-refractivity contribution in [2.24, 2.45) is 0 Å². The van der Waals surface area contributed by atoms with Crippen molar-refractivity contribution in [1.29, 1.82) is 5.26 Å². The zero-order chi connectivity index (χ0) is 19.1. The minimum Gasteiger partial charge on any atom is -0.354 e. The zero-order valence-corrected chi connectivity index (χ0v) is 15.5. The molecule has 0 saturated carbocycles. The highest BCUT2D eigenvalue weighted by Gasteiger charge is 2.14. The maximum Gasteiger partial charge on any atom is 0.315 e. The van der Waals surface area contributed by atoms with E-state index in [1.165, 1.54) is 0 Å². The van der Waals surface area contributed by atoms with Crippen molar-refractivity contribution in [2.75, 3.05) is 38.1 Å². The monoisotopic (exact) mass is 364 g/mol. The number of aromatic nitrogens is 1. The van der Waals surface area contributed by atoms with Crippen LogP contribution in [-0.4, -0.2) is 49.1 Å². The van der Waals surface area contributed by atoms with Gasteiger partial charge in [-0.3, -0.25) is 0 Å². The summed E-state index contributed by atoms with van der Waals surface area (Å²) >= 11 is 0. The van der Waals surface area contributed by atoms with Crippen LogP contribution in [-0.2, 0) is 13.1 Å². The van der Waals surface area contributed by atoms with Crippen molar-refractivity contribution in [1.82, 2.24) is 20.5 Å². The Morgan fingerprint density at radius 3 is 2.52 bits per heavy atom. The van der Waals surface area contributed by atoms with Crippen LogP contribution in [0.5, 0.6) is 0 Å². The molecule has 2 aromatic rings. The molecule has 7 nitrogen and oxygen atoms in total. The third-order valence-electron chi connectivity index (χ3n) is 4.60. The van der Waals surface area contributed by atoms with Gasteiger partial charge in [0, 0.05) is 45.5 Å². The van der Waals surface area contributed by atoms with Crippen LogP contribution in [0, 0.1) is 11.3 Å². The van der Waals surface area contributed by atoms with E-state index in [4.69, 9.17) is 5.26 Å². The van der Waals surface area contributed by atoms with E-state index in [1.807, 2.05) is 24.4 Å². The second-order valence-electron chi connectivity index (χ2n) is 6.66. The van der Waals surface area contributed by atoms with Gasteiger partial charge in [-0.2, -0.15) is 5.26 Å². The summed E-state index contributed by atoms with van der Waals surface area (Å²) in [5.41, 5.74) is 2.43. The molecule has 1 saturated heterocycles. The topological polar surface area (TPSA) is 84.3 Å². The first kappa shape index (κ1) is 18.7. The minimum atomic E-state index is -0.250. The Bertz CT molecular complexity index is 806. The second kappa shape index (κ2) is 9.01. The van der Waals surface area contributed by atoms with E-state index < -0.39 is 0 Å². The van der Waals surface area contributed by atoms with Gasteiger partial charge in [-0.05, 0) is 36.4 Å². The number of benzene rings is 1. The van der Waals surface area contributed by atoms with Gasteiger partial charge >= 0.3 is 6.03 Å². The molecule has 2 amide bonds.